The molecule has 23 heavy (non-hydrogen) atoms. The van der Waals surface area contributed by atoms with Gasteiger partial charge < -0.3 is 15.2 Å². The minimum Gasteiger partial charge on any atom is -0.325 e. The van der Waals surface area contributed by atoms with Crippen LogP contribution in [0.15, 0.2) is 30.6 Å². The van der Waals surface area contributed by atoms with Crippen LogP contribution in [-0.2, 0) is 11.3 Å². The molecule has 2 N–H and O–H groups in total. The normalized spacial score (nSPS) is 17.3. The minimum atomic E-state index is 0.0620. The monoisotopic (exact) mass is 313 g/mol. The van der Waals surface area contributed by atoms with Gasteiger partial charge in [-0.25, -0.2) is 0 Å². The van der Waals surface area contributed by atoms with E-state index in [1.165, 1.54) is 6.42 Å². The van der Waals surface area contributed by atoms with Crippen molar-refractivity contribution >= 4 is 11.6 Å². The lowest BCUT2D eigenvalue weighted by atomic mass is 10.0. The molecule has 0 bridgehead atoms. The van der Waals surface area contributed by atoms with Gasteiger partial charge in [-0.15, -0.1) is 10.2 Å². The van der Waals surface area contributed by atoms with Crippen molar-refractivity contribution in [3.05, 3.63) is 30.6 Å². The number of para-hydroxylation sites is 1. The van der Waals surface area contributed by atoms with E-state index < -0.39 is 0 Å². The number of benzene rings is 1. The van der Waals surface area contributed by atoms with Gasteiger partial charge in [0.1, 0.15) is 6.33 Å². The minimum absolute atomic E-state index is 0.0620. The third-order valence-corrected chi connectivity index (χ3v) is 4.34. The Morgan fingerprint density at radius 3 is 3.09 bits per heavy atom. The van der Waals surface area contributed by atoms with Crippen molar-refractivity contribution in [2.75, 3.05) is 18.4 Å². The van der Waals surface area contributed by atoms with Crippen molar-refractivity contribution in [1.29, 1.82) is 0 Å². The van der Waals surface area contributed by atoms with Crippen LogP contribution >= 0.6 is 0 Å². The average Bonchev–Trinajstić information content (AvgIpc) is 3.24. The Bertz CT molecular complexity index is 661. The highest BCUT2D eigenvalue weighted by molar-refractivity contribution is 5.94. The Morgan fingerprint density at radius 1 is 1.43 bits per heavy atom. The van der Waals surface area contributed by atoms with Gasteiger partial charge in [0.05, 0.1) is 5.69 Å². The van der Waals surface area contributed by atoms with Gasteiger partial charge in [0.15, 0.2) is 5.82 Å². The van der Waals surface area contributed by atoms with Crippen LogP contribution in [0.1, 0.15) is 26.2 Å². The number of aromatic nitrogens is 3. The van der Waals surface area contributed by atoms with Gasteiger partial charge >= 0.3 is 0 Å². The molecule has 0 radical (unpaired) electrons. The fourth-order valence-electron chi connectivity index (χ4n) is 2.99. The number of aryl methyl sites for hydroxylation is 1. The molecule has 1 atom stereocenters. The Balaban J connectivity index is 1.69. The van der Waals surface area contributed by atoms with Crippen molar-refractivity contribution in [2.24, 2.45) is 5.92 Å². The first-order valence-corrected chi connectivity index (χ1v) is 8.25. The average molecular weight is 313 g/mol. The fourth-order valence-corrected chi connectivity index (χ4v) is 2.99. The molecule has 0 spiro atoms. The van der Waals surface area contributed by atoms with Gasteiger partial charge in [-0.1, -0.05) is 12.1 Å². The zero-order valence-electron chi connectivity index (χ0n) is 13.5. The molecule has 2 aromatic rings. The van der Waals surface area contributed by atoms with E-state index in [1.54, 1.807) is 6.33 Å². The lowest BCUT2D eigenvalue weighted by molar-refractivity contribution is -0.116. The molecule has 1 aromatic heterocycles. The molecule has 1 aliphatic rings. The number of rotatable bonds is 6. The second-order valence-corrected chi connectivity index (χ2v) is 5.93. The Labute approximate surface area is 136 Å². The summed E-state index contributed by atoms with van der Waals surface area (Å²) in [6, 6.07) is 7.75. The number of carbonyl (C=O) groups is 1. The van der Waals surface area contributed by atoms with Gasteiger partial charge in [-0.05, 0) is 50.9 Å². The van der Waals surface area contributed by atoms with Gasteiger partial charge in [0.25, 0.3) is 0 Å². The molecular formula is C17H23N5O. The lowest BCUT2D eigenvalue weighted by Crippen LogP contribution is -2.15. The van der Waals surface area contributed by atoms with Crippen molar-refractivity contribution in [2.45, 2.75) is 32.7 Å². The number of nitrogens with zero attached hydrogens (tertiary/aromatic N) is 3. The van der Waals surface area contributed by atoms with Crippen LogP contribution in [0.3, 0.4) is 0 Å². The topological polar surface area (TPSA) is 71.8 Å². The van der Waals surface area contributed by atoms with Crippen LogP contribution in [0, 0.1) is 5.92 Å². The van der Waals surface area contributed by atoms with E-state index in [4.69, 9.17) is 0 Å². The van der Waals surface area contributed by atoms with E-state index in [2.05, 4.69) is 20.8 Å². The van der Waals surface area contributed by atoms with Crippen LogP contribution in [-0.4, -0.2) is 33.8 Å². The summed E-state index contributed by atoms with van der Waals surface area (Å²) in [6.07, 6.45) is 4.37. The highest BCUT2D eigenvalue weighted by Crippen LogP contribution is 2.26. The summed E-state index contributed by atoms with van der Waals surface area (Å²) in [7, 11) is 0. The van der Waals surface area contributed by atoms with Crippen molar-refractivity contribution < 1.29 is 4.79 Å². The number of hydrogen-bond acceptors (Lipinski definition) is 4. The molecule has 122 valence electrons. The Kier molecular flexibility index (Phi) is 5.02. The molecule has 0 saturated carbocycles. The summed E-state index contributed by atoms with van der Waals surface area (Å²) in [6.45, 7) is 4.94. The molecule has 1 fully saturated rings. The van der Waals surface area contributed by atoms with E-state index in [-0.39, 0.29) is 5.91 Å². The number of anilines is 1. The first-order chi connectivity index (χ1) is 11.3. The SMILES string of the molecule is CCn1cnnc1-c1ccccc1NC(=O)CCC1CCNC1. The first kappa shape index (κ1) is 15.7. The van der Waals surface area contributed by atoms with Gasteiger partial charge in [-0.3, -0.25) is 4.79 Å². The van der Waals surface area contributed by atoms with Gasteiger partial charge in [0, 0.05) is 18.5 Å². The van der Waals surface area contributed by atoms with E-state index >= 15 is 0 Å². The van der Waals surface area contributed by atoms with Crippen molar-refractivity contribution in [1.82, 2.24) is 20.1 Å². The summed E-state index contributed by atoms with van der Waals surface area (Å²) in [5.41, 5.74) is 1.70. The number of nitrogens with one attached hydrogen (secondary N) is 2. The van der Waals surface area contributed by atoms with Gasteiger partial charge in [-0.2, -0.15) is 0 Å². The summed E-state index contributed by atoms with van der Waals surface area (Å²) in [5.74, 6) is 1.47. The van der Waals surface area contributed by atoms with E-state index in [0.29, 0.717) is 12.3 Å². The molecule has 6 nitrogen and oxygen atoms in total. The van der Waals surface area contributed by atoms with E-state index in [1.807, 2.05) is 35.8 Å². The molecule has 1 amide bonds. The maximum atomic E-state index is 12.3. The molecular weight excluding hydrogens is 290 g/mol. The summed E-state index contributed by atoms with van der Waals surface area (Å²) in [4.78, 5) is 12.3. The lowest BCUT2D eigenvalue weighted by Gasteiger charge is -2.12. The molecule has 1 unspecified atom stereocenters. The molecule has 3 rings (SSSR count). The van der Waals surface area contributed by atoms with Crippen LogP contribution in [0.5, 0.6) is 0 Å². The molecule has 0 aliphatic carbocycles. The Hall–Kier alpha value is -2.21. The predicted molar refractivity (Wildman–Crippen MR) is 90.0 cm³/mol. The number of hydrogen-bond donors (Lipinski definition) is 2. The number of carbonyl (C=O) groups excluding carboxylic acids is 1. The standard InChI is InChI=1S/C17H23N5O/c1-2-22-12-19-21-17(22)14-5-3-4-6-15(14)20-16(23)8-7-13-9-10-18-11-13/h3-6,12-13,18H,2,7-11H2,1H3,(H,20,23). The molecule has 2 heterocycles. The largest absolute Gasteiger partial charge is 0.325 e. The second kappa shape index (κ2) is 7.37. The molecule has 1 aliphatic heterocycles. The second-order valence-electron chi connectivity index (χ2n) is 5.93. The quantitative estimate of drug-likeness (QED) is 0.858. The highest BCUT2D eigenvalue weighted by Gasteiger charge is 2.17. The van der Waals surface area contributed by atoms with E-state index in [0.717, 1.165) is 43.1 Å². The summed E-state index contributed by atoms with van der Waals surface area (Å²) in [5, 5.41) is 14.5. The zero-order chi connectivity index (χ0) is 16.1. The molecule has 1 saturated heterocycles. The maximum absolute atomic E-state index is 12.3. The van der Waals surface area contributed by atoms with Crippen molar-refractivity contribution in [3.63, 3.8) is 0 Å². The molecule has 1 aromatic carbocycles. The highest BCUT2D eigenvalue weighted by atomic mass is 16.1. The summed E-state index contributed by atoms with van der Waals surface area (Å²) >= 11 is 0. The predicted octanol–water partition coefficient (Wildman–Crippen LogP) is 2.29. The van der Waals surface area contributed by atoms with Crippen LogP contribution < -0.4 is 10.6 Å². The van der Waals surface area contributed by atoms with Crippen LogP contribution in [0.4, 0.5) is 5.69 Å². The maximum Gasteiger partial charge on any atom is 0.224 e. The zero-order valence-corrected chi connectivity index (χ0v) is 13.5. The van der Waals surface area contributed by atoms with Crippen LogP contribution in [0.25, 0.3) is 11.4 Å². The summed E-state index contributed by atoms with van der Waals surface area (Å²) < 4.78 is 1.97. The number of amides is 1. The fraction of sp³-hybridized carbons (Fsp3) is 0.471. The van der Waals surface area contributed by atoms with Crippen molar-refractivity contribution in [3.8, 4) is 11.4 Å². The third-order valence-electron chi connectivity index (χ3n) is 4.34. The first-order valence-electron chi connectivity index (χ1n) is 8.25. The van der Waals surface area contributed by atoms with Crippen LogP contribution in [0.2, 0.25) is 0 Å². The third kappa shape index (κ3) is 3.76. The van der Waals surface area contributed by atoms with E-state index in [9.17, 15) is 4.79 Å². The molecule has 6 heteroatoms. The Morgan fingerprint density at radius 2 is 2.30 bits per heavy atom. The smallest absolute Gasteiger partial charge is 0.224 e. The van der Waals surface area contributed by atoms with Gasteiger partial charge in [0.2, 0.25) is 5.91 Å².